The zero-order valence-corrected chi connectivity index (χ0v) is 12.4. The Labute approximate surface area is 127 Å². The zero-order valence-electron chi connectivity index (χ0n) is 12.4. The van der Waals surface area contributed by atoms with Crippen LogP contribution in [0.15, 0.2) is 36.7 Å². The standard InChI is InChI=1S/C15H17F2N3O2/c1-19(9-13-18-6-7-20(13)15(16)17)14(21)12-5-3-4-11(8-12)10-22-2/h3-8,15H,9-10H2,1-2H3. The summed E-state index contributed by atoms with van der Waals surface area (Å²) in [7, 11) is 3.13. The van der Waals surface area contributed by atoms with Crippen molar-refractivity contribution < 1.29 is 18.3 Å². The Hall–Kier alpha value is -2.28. The molecule has 0 unspecified atom stereocenters. The lowest BCUT2D eigenvalue weighted by Gasteiger charge is -2.18. The Morgan fingerprint density at radius 3 is 2.91 bits per heavy atom. The van der Waals surface area contributed by atoms with Gasteiger partial charge >= 0.3 is 6.55 Å². The van der Waals surface area contributed by atoms with E-state index in [0.717, 1.165) is 10.1 Å². The molecule has 0 saturated heterocycles. The SMILES string of the molecule is COCc1cccc(C(=O)N(C)Cc2nccn2C(F)F)c1. The molecule has 5 nitrogen and oxygen atoms in total. The number of carbonyl (C=O) groups excluding carboxylic acids is 1. The third-order valence-electron chi connectivity index (χ3n) is 3.17. The number of hydrogen-bond acceptors (Lipinski definition) is 3. The molecular formula is C15H17F2N3O2. The lowest BCUT2D eigenvalue weighted by atomic mass is 10.1. The smallest absolute Gasteiger partial charge is 0.319 e. The van der Waals surface area contributed by atoms with Gasteiger partial charge in [0, 0.05) is 32.1 Å². The average Bonchev–Trinajstić information content (AvgIpc) is 2.95. The van der Waals surface area contributed by atoms with Crippen molar-refractivity contribution in [2.24, 2.45) is 0 Å². The summed E-state index contributed by atoms with van der Waals surface area (Å²) in [4.78, 5) is 17.6. The fourth-order valence-corrected chi connectivity index (χ4v) is 2.11. The highest BCUT2D eigenvalue weighted by molar-refractivity contribution is 5.94. The molecule has 1 aromatic heterocycles. The predicted octanol–water partition coefficient (Wildman–Crippen LogP) is 2.70. The fourth-order valence-electron chi connectivity index (χ4n) is 2.11. The Kier molecular flexibility index (Phi) is 5.21. The number of nitrogens with zero attached hydrogens (tertiary/aromatic N) is 3. The van der Waals surface area contributed by atoms with Gasteiger partial charge in [-0.3, -0.25) is 9.36 Å². The summed E-state index contributed by atoms with van der Waals surface area (Å²) >= 11 is 0. The molecule has 22 heavy (non-hydrogen) atoms. The van der Waals surface area contributed by atoms with Crippen molar-refractivity contribution in [2.45, 2.75) is 19.7 Å². The number of benzene rings is 1. The number of imidazole rings is 1. The topological polar surface area (TPSA) is 47.4 Å². The van der Waals surface area contributed by atoms with Gasteiger partial charge in [0.15, 0.2) is 0 Å². The van der Waals surface area contributed by atoms with Gasteiger partial charge < -0.3 is 9.64 Å². The molecule has 1 amide bonds. The van der Waals surface area contributed by atoms with Crippen LogP contribution in [0.25, 0.3) is 0 Å². The van der Waals surface area contributed by atoms with Crippen LogP contribution in [-0.4, -0.2) is 34.5 Å². The van der Waals surface area contributed by atoms with Crippen LogP contribution >= 0.6 is 0 Å². The first-order chi connectivity index (χ1) is 10.5. The number of carbonyl (C=O) groups is 1. The Bertz CT molecular complexity index is 643. The third kappa shape index (κ3) is 3.67. The minimum atomic E-state index is -2.67. The molecule has 0 aliphatic heterocycles. The van der Waals surface area contributed by atoms with Gasteiger partial charge in [0.1, 0.15) is 5.82 Å². The first-order valence-corrected chi connectivity index (χ1v) is 6.66. The first kappa shape index (κ1) is 16.1. The van der Waals surface area contributed by atoms with E-state index in [-0.39, 0.29) is 18.3 Å². The van der Waals surface area contributed by atoms with Crippen LogP contribution in [-0.2, 0) is 17.9 Å². The lowest BCUT2D eigenvalue weighted by Crippen LogP contribution is -2.28. The summed E-state index contributed by atoms with van der Waals surface area (Å²) in [5.74, 6) is -0.124. The Morgan fingerprint density at radius 2 is 2.23 bits per heavy atom. The van der Waals surface area contributed by atoms with E-state index in [2.05, 4.69) is 4.98 Å². The third-order valence-corrected chi connectivity index (χ3v) is 3.17. The minimum absolute atomic E-state index is 0.00464. The molecule has 118 valence electrons. The highest BCUT2D eigenvalue weighted by Gasteiger charge is 2.17. The summed E-state index contributed by atoms with van der Waals surface area (Å²) in [6.45, 7) is -2.27. The second kappa shape index (κ2) is 7.13. The van der Waals surface area contributed by atoms with E-state index < -0.39 is 6.55 Å². The Balaban J connectivity index is 2.12. The van der Waals surface area contributed by atoms with Gasteiger partial charge in [-0.1, -0.05) is 12.1 Å². The van der Waals surface area contributed by atoms with Crippen LogP contribution in [0.1, 0.15) is 28.3 Å². The number of aromatic nitrogens is 2. The molecule has 7 heteroatoms. The number of ether oxygens (including phenoxy) is 1. The van der Waals surface area contributed by atoms with Crippen molar-refractivity contribution in [3.63, 3.8) is 0 Å². The van der Waals surface area contributed by atoms with E-state index in [9.17, 15) is 13.6 Å². The maximum absolute atomic E-state index is 12.8. The van der Waals surface area contributed by atoms with E-state index in [0.29, 0.717) is 12.2 Å². The van der Waals surface area contributed by atoms with Gasteiger partial charge in [-0.2, -0.15) is 8.78 Å². The zero-order chi connectivity index (χ0) is 16.1. The number of halogens is 2. The van der Waals surface area contributed by atoms with Crippen LogP contribution in [0.2, 0.25) is 0 Å². The van der Waals surface area contributed by atoms with Crippen molar-refractivity contribution in [3.8, 4) is 0 Å². The minimum Gasteiger partial charge on any atom is -0.380 e. The molecule has 2 rings (SSSR count). The summed E-state index contributed by atoms with van der Waals surface area (Å²) in [5, 5.41) is 0. The number of methoxy groups -OCH3 is 1. The molecule has 0 aliphatic rings. The van der Waals surface area contributed by atoms with Crippen molar-refractivity contribution in [1.82, 2.24) is 14.5 Å². The largest absolute Gasteiger partial charge is 0.380 e. The monoisotopic (exact) mass is 309 g/mol. The van der Waals surface area contributed by atoms with Crippen LogP contribution in [0.5, 0.6) is 0 Å². The lowest BCUT2D eigenvalue weighted by molar-refractivity contribution is 0.0612. The Morgan fingerprint density at radius 1 is 1.45 bits per heavy atom. The van der Waals surface area contributed by atoms with Crippen LogP contribution in [0.3, 0.4) is 0 Å². The summed E-state index contributed by atoms with van der Waals surface area (Å²) in [5.41, 5.74) is 1.35. The molecule has 0 atom stereocenters. The molecule has 0 bridgehead atoms. The van der Waals surface area contributed by atoms with Gasteiger partial charge in [-0.25, -0.2) is 4.98 Å². The van der Waals surface area contributed by atoms with E-state index in [1.807, 2.05) is 6.07 Å². The molecule has 0 aliphatic carbocycles. The number of hydrogen-bond donors (Lipinski definition) is 0. The predicted molar refractivity (Wildman–Crippen MR) is 76.4 cm³/mol. The van der Waals surface area contributed by atoms with Crippen molar-refractivity contribution in [3.05, 3.63) is 53.6 Å². The highest BCUT2D eigenvalue weighted by Crippen LogP contribution is 2.15. The first-order valence-electron chi connectivity index (χ1n) is 6.66. The summed E-state index contributed by atoms with van der Waals surface area (Å²) in [6.07, 6.45) is 2.48. The molecule has 0 radical (unpaired) electrons. The van der Waals surface area contributed by atoms with Gasteiger partial charge in [-0.05, 0) is 17.7 Å². The van der Waals surface area contributed by atoms with Gasteiger partial charge in [-0.15, -0.1) is 0 Å². The van der Waals surface area contributed by atoms with E-state index in [1.54, 1.807) is 32.4 Å². The highest BCUT2D eigenvalue weighted by atomic mass is 19.3. The number of rotatable bonds is 6. The molecule has 0 fully saturated rings. The van der Waals surface area contributed by atoms with Crippen LogP contribution in [0, 0.1) is 0 Å². The van der Waals surface area contributed by atoms with Gasteiger partial charge in [0.05, 0.1) is 13.2 Å². The normalized spacial score (nSPS) is 11.0. The molecule has 2 aromatic rings. The average molecular weight is 309 g/mol. The maximum Gasteiger partial charge on any atom is 0.319 e. The molecule has 0 spiro atoms. The van der Waals surface area contributed by atoms with Gasteiger partial charge in [0.25, 0.3) is 5.91 Å². The molecule has 1 aromatic carbocycles. The van der Waals surface area contributed by atoms with E-state index in [4.69, 9.17) is 4.74 Å². The maximum atomic E-state index is 12.8. The number of alkyl halides is 2. The quantitative estimate of drug-likeness (QED) is 0.824. The fraction of sp³-hybridized carbons (Fsp3) is 0.333. The molecule has 0 N–H and O–H groups in total. The van der Waals surface area contributed by atoms with Crippen molar-refractivity contribution in [2.75, 3.05) is 14.2 Å². The summed E-state index contributed by atoms with van der Waals surface area (Å²) in [6, 6.07) is 7.01. The summed E-state index contributed by atoms with van der Waals surface area (Å²) < 4.78 is 31.3. The van der Waals surface area contributed by atoms with Crippen LogP contribution in [0.4, 0.5) is 8.78 Å². The van der Waals surface area contributed by atoms with Crippen molar-refractivity contribution in [1.29, 1.82) is 0 Å². The second-order valence-corrected chi connectivity index (χ2v) is 4.82. The molecule has 1 heterocycles. The molecule has 0 saturated carbocycles. The van der Waals surface area contributed by atoms with E-state index >= 15 is 0 Å². The molecular weight excluding hydrogens is 292 g/mol. The van der Waals surface area contributed by atoms with Gasteiger partial charge in [0.2, 0.25) is 0 Å². The van der Waals surface area contributed by atoms with Crippen molar-refractivity contribution >= 4 is 5.91 Å². The number of amides is 1. The van der Waals surface area contributed by atoms with E-state index in [1.165, 1.54) is 17.3 Å². The second-order valence-electron chi connectivity index (χ2n) is 4.82. The van der Waals surface area contributed by atoms with Crippen LogP contribution < -0.4 is 0 Å².